The highest BCUT2D eigenvalue weighted by Gasteiger charge is 2.26. The lowest BCUT2D eigenvalue weighted by Gasteiger charge is -2.26. The third-order valence-corrected chi connectivity index (χ3v) is 3.09. The number of nitrogens with zero attached hydrogens (tertiary/aromatic N) is 1. The molecule has 0 unspecified atom stereocenters. The predicted molar refractivity (Wildman–Crippen MR) is 76.2 cm³/mol. The van der Waals surface area contributed by atoms with E-state index in [-0.39, 0.29) is 18.9 Å². The SMILES string of the molecule is CC(CO)(CO)NC(=O)c1cc(N)c2ccccc2n1. The first-order chi connectivity index (χ1) is 9.49. The van der Waals surface area contributed by atoms with Crippen molar-refractivity contribution < 1.29 is 15.0 Å². The highest BCUT2D eigenvalue weighted by Crippen LogP contribution is 2.20. The van der Waals surface area contributed by atoms with Crippen molar-refractivity contribution in [3.8, 4) is 0 Å². The van der Waals surface area contributed by atoms with Crippen LogP contribution in [0.1, 0.15) is 17.4 Å². The van der Waals surface area contributed by atoms with Gasteiger partial charge in [0.15, 0.2) is 0 Å². The number of nitrogen functional groups attached to an aromatic ring is 1. The number of anilines is 1. The molecular formula is C14H17N3O3. The molecule has 2 aromatic rings. The van der Waals surface area contributed by atoms with Gasteiger partial charge in [-0.05, 0) is 19.1 Å². The number of aromatic nitrogens is 1. The fourth-order valence-electron chi connectivity index (χ4n) is 1.79. The molecule has 1 aromatic heterocycles. The summed E-state index contributed by atoms with van der Waals surface area (Å²) in [4.78, 5) is 16.4. The summed E-state index contributed by atoms with van der Waals surface area (Å²) in [5, 5.41) is 21.7. The summed E-state index contributed by atoms with van der Waals surface area (Å²) in [5.74, 6) is -0.493. The van der Waals surface area contributed by atoms with Gasteiger partial charge in [0.2, 0.25) is 0 Å². The van der Waals surface area contributed by atoms with E-state index in [1.807, 2.05) is 18.2 Å². The molecular weight excluding hydrogens is 258 g/mol. The van der Waals surface area contributed by atoms with E-state index in [0.717, 1.165) is 5.39 Å². The molecule has 2 rings (SSSR count). The molecule has 0 radical (unpaired) electrons. The molecule has 20 heavy (non-hydrogen) atoms. The van der Waals surface area contributed by atoms with Gasteiger partial charge in [0, 0.05) is 11.1 Å². The standard InChI is InChI=1S/C14H17N3O3/c1-14(7-18,8-19)17-13(20)12-6-10(15)9-4-2-3-5-11(9)16-12/h2-6,18-19H,7-8H2,1H3,(H2,15,16)(H,17,20). The Hall–Kier alpha value is -2.18. The van der Waals surface area contributed by atoms with Crippen LogP contribution in [0, 0.1) is 0 Å². The van der Waals surface area contributed by atoms with Gasteiger partial charge in [-0.3, -0.25) is 4.79 Å². The molecule has 0 spiro atoms. The maximum Gasteiger partial charge on any atom is 0.270 e. The fourth-order valence-corrected chi connectivity index (χ4v) is 1.79. The Bertz CT molecular complexity index is 639. The van der Waals surface area contributed by atoms with Crippen LogP contribution in [0.5, 0.6) is 0 Å². The first-order valence-corrected chi connectivity index (χ1v) is 6.18. The van der Waals surface area contributed by atoms with E-state index in [2.05, 4.69) is 10.3 Å². The summed E-state index contributed by atoms with van der Waals surface area (Å²) < 4.78 is 0. The maximum absolute atomic E-state index is 12.1. The Labute approximate surface area is 116 Å². The number of para-hydroxylation sites is 1. The molecule has 0 atom stereocenters. The molecule has 1 heterocycles. The van der Waals surface area contributed by atoms with Crippen molar-refractivity contribution in [2.75, 3.05) is 18.9 Å². The minimum Gasteiger partial charge on any atom is -0.398 e. The number of nitrogens with two attached hydrogens (primary N) is 1. The lowest BCUT2D eigenvalue weighted by molar-refractivity contribution is 0.0720. The van der Waals surface area contributed by atoms with E-state index < -0.39 is 11.4 Å². The molecule has 0 fully saturated rings. The molecule has 0 saturated carbocycles. The van der Waals surface area contributed by atoms with Crippen LogP contribution in [0.3, 0.4) is 0 Å². The zero-order valence-electron chi connectivity index (χ0n) is 11.1. The zero-order chi connectivity index (χ0) is 14.8. The molecule has 0 aliphatic carbocycles. The average molecular weight is 275 g/mol. The lowest BCUT2D eigenvalue weighted by atomic mass is 10.1. The average Bonchev–Trinajstić information content (AvgIpc) is 2.47. The quantitative estimate of drug-likeness (QED) is 0.641. The summed E-state index contributed by atoms with van der Waals surface area (Å²) >= 11 is 0. The van der Waals surface area contributed by atoms with Crippen LogP contribution in [-0.2, 0) is 0 Å². The molecule has 0 saturated heterocycles. The molecule has 5 N–H and O–H groups in total. The third-order valence-electron chi connectivity index (χ3n) is 3.09. The largest absolute Gasteiger partial charge is 0.398 e. The van der Waals surface area contributed by atoms with E-state index in [1.54, 1.807) is 6.07 Å². The first kappa shape index (κ1) is 14.2. The van der Waals surface area contributed by atoms with Crippen molar-refractivity contribution in [3.05, 3.63) is 36.0 Å². The van der Waals surface area contributed by atoms with E-state index in [4.69, 9.17) is 5.73 Å². The third kappa shape index (κ3) is 2.71. The Morgan fingerprint density at radius 1 is 1.35 bits per heavy atom. The molecule has 1 aromatic carbocycles. The summed E-state index contributed by atoms with van der Waals surface area (Å²) in [6, 6.07) is 8.72. The van der Waals surface area contributed by atoms with Gasteiger partial charge >= 0.3 is 0 Å². The van der Waals surface area contributed by atoms with Crippen LogP contribution in [-0.4, -0.2) is 39.9 Å². The number of carbonyl (C=O) groups excluding carboxylic acids is 1. The molecule has 106 valence electrons. The van der Waals surface area contributed by atoms with Crippen LogP contribution in [0.15, 0.2) is 30.3 Å². The van der Waals surface area contributed by atoms with E-state index in [1.165, 1.54) is 13.0 Å². The van der Waals surface area contributed by atoms with Crippen molar-refractivity contribution >= 4 is 22.5 Å². The smallest absolute Gasteiger partial charge is 0.270 e. The molecule has 6 heteroatoms. The second kappa shape index (κ2) is 5.44. The normalized spacial score (nSPS) is 11.6. The summed E-state index contributed by atoms with van der Waals surface area (Å²) in [6.45, 7) is 0.784. The Balaban J connectivity index is 2.36. The van der Waals surface area contributed by atoms with Gasteiger partial charge in [-0.1, -0.05) is 18.2 Å². The fraction of sp³-hybridized carbons (Fsp3) is 0.286. The van der Waals surface area contributed by atoms with Crippen molar-refractivity contribution in [1.82, 2.24) is 10.3 Å². The van der Waals surface area contributed by atoms with Gasteiger partial charge in [0.1, 0.15) is 5.69 Å². The molecule has 1 amide bonds. The van der Waals surface area contributed by atoms with Crippen molar-refractivity contribution in [1.29, 1.82) is 0 Å². The molecule has 0 aliphatic rings. The van der Waals surface area contributed by atoms with Crippen LogP contribution in [0.25, 0.3) is 10.9 Å². The number of pyridine rings is 1. The number of carbonyl (C=O) groups is 1. The van der Waals surface area contributed by atoms with Gasteiger partial charge in [0.05, 0.1) is 24.3 Å². The maximum atomic E-state index is 12.1. The van der Waals surface area contributed by atoms with Gasteiger partial charge < -0.3 is 21.3 Å². The number of hydrogen-bond acceptors (Lipinski definition) is 5. The van der Waals surface area contributed by atoms with Crippen molar-refractivity contribution in [3.63, 3.8) is 0 Å². The number of nitrogens with one attached hydrogen (secondary N) is 1. The van der Waals surface area contributed by atoms with Gasteiger partial charge in [-0.15, -0.1) is 0 Å². The number of rotatable bonds is 4. The summed E-state index contributed by atoms with van der Waals surface area (Å²) in [6.07, 6.45) is 0. The van der Waals surface area contributed by atoms with Crippen LogP contribution >= 0.6 is 0 Å². The van der Waals surface area contributed by atoms with E-state index in [0.29, 0.717) is 11.2 Å². The van der Waals surface area contributed by atoms with Gasteiger partial charge in [-0.2, -0.15) is 0 Å². The number of aliphatic hydroxyl groups excluding tert-OH is 2. The van der Waals surface area contributed by atoms with Crippen LogP contribution in [0.4, 0.5) is 5.69 Å². The number of fused-ring (bicyclic) bond motifs is 1. The first-order valence-electron chi connectivity index (χ1n) is 6.18. The topological polar surface area (TPSA) is 108 Å². The second-order valence-corrected chi connectivity index (χ2v) is 4.94. The monoisotopic (exact) mass is 275 g/mol. The Kier molecular flexibility index (Phi) is 3.87. The highest BCUT2D eigenvalue weighted by molar-refractivity contribution is 5.99. The second-order valence-electron chi connectivity index (χ2n) is 4.94. The molecule has 0 aliphatic heterocycles. The van der Waals surface area contributed by atoms with E-state index >= 15 is 0 Å². The molecule has 0 bridgehead atoms. The minimum absolute atomic E-state index is 0.148. The zero-order valence-corrected chi connectivity index (χ0v) is 11.1. The van der Waals surface area contributed by atoms with Crippen molar-refractivity contribution in [2.24, 2.45) is 0 Å². The minimum atomic E-state index is -1.10. The van der Waals surface area contributed by atoms with Crippen molar-refractivity contribution in [2.45, 2.75) is 12.5 Å². The highest BCUT2D eigenvalue weighted by atomic mass is 16.3. The van der Waals surface area contributed by atoms with E-state index in [9.17, 15) is 15.0 Å². The Morgan fingerprint density at radius 3 is 2.65 bits per heavy atom. The Morgan fingerprint density at radius 2 is 2.00 bits per heavy atom. The van der Waals surface area contributed by atoms with Gasteiger partial charge in [0.25, 0.3) is 5.91 Å². The summed E-state index contributed by atoms with van der Waals surface area (Å²) in [7, 11) is 0. The summed E-state index contributed by atoms with van der Waals surface area (Å²) in [5.41, 5.74) is 6.03. The molecule has 6 nitrogen and oxygen atoms in total. The number of aliphatic hydroxyl groups is 2. The van der Waals surface area contributed by atoms with Gasteiger partial charge in [-0.25, -0.2) is 4.98 Å². The predicted octanol–water partition coefficient (Wildman–Crippen LogP) is 0.290. The lowest BCUT2D eigenvalue weighted by Crippen LogP contribution is -2.51. The number of benzene rings is 1. The number of amides is 1. The number of hydrogen-bond donors (Lipinski definition) is 4. The van der Waals surface area contributed by atoms with Crippen LogP contribution in [0.2, 0.25) is 0 Å². The van der Waals surface area contributed by atoms with Crippen LogP contribution < -0.4 is 11.1 Å².